The van der Waals surface area contributed by atoms with Gasteiger partial charge in [-0.25, -0.2) is 0 Å². The predicted molar refractivity (Wildman–Crippen MR) is 130 cm³/mol. The first-order chi connectivity index (χ1) is 16.1. The molecule has 1 heterocycles. The molecule has 1 fully saturated rings. The molecule has 188 valence electrons. The predicted octanol–water partition coefficient (Wildman–Crippen LogP) is 7.48. The first-order valence-electron chi connectivity index (χ1n) is 12.4. The van der Waals surface area contributed by atoms with E-state index in [4.69, 9.17) is 4.74 Å². The minimum atomic E-state index is -4.57. The molecule has 0 spiro atoms. The Morgan fingerprint density at radius 1 is 0.971 bits per heavy atom. The monoisotopic (exact) mass is 478 g/mol. The molecule has 1 atom stereocenters. The average Bonchev–Trinajstić information content (AvgIpc) is 3.04. The SMILES string of the molecule is CCCCCCCCCCOc1ccc(C(N2NC(=O)CC2(C)C)C(F)(F)F)c2ccccc12. The molecule has 7 heteroatoms. The molecule has 0 bridgehead atoms. The number of hydrazine groups is 1. The van der Waals surface area contributed by atoms with Gasteiger partial charge in [0.15, 0.2) is 6.04 Å². The molecule has 1 saturated heterocycles. The molecule has 1 N–H and O–H groups in total. The van der Waals surface area contributed by atoms with Crippen LogP contribution in [0.2, 0.25) is 0 Å². The normalized spacial score (nSPS) is 17.2. The molecule has 2 aromatic carbocycles. The number of nitrogens with one attached hydrogen (secondary N) is 1. The molecule has 4 nitrogen and oxygen atoms in total. The molecule has 0 saturated carbocycles. The van der Waals surface area contributed by atoms with Crippen LogP contribution in [-0.2, 0) is 4.79 Å². The summed E-state index contributed by atoms with van der Waals surface area (Å²) in [7, 11) is 0. The minimum absolute atomic E-state index is 0.0112. The van der Waals surface area contributed by atoms with E-state index in [1.54, 1.807) is 44.2 Å². The van der Waals surface area contributed by atoms with Crippen molar-refractivity contribution in [1.82, 2.24) is 10.4 Å². The summed E-state index contributed by atoms with van der Waals surface area (Å²) in [6.45, 7) is 6.04. The number of unbranched alkanes of at least 4 members (excludes halogenated alkanes) is 7. The summed E-state index contributed by atoms with van der Waals surface area (Å²) < 4.78 is 49.1. The van der Waals surface area contributed by atoms with Crippen molar-refractivity contribution in [3.63, 3.8) is 0 Å². The van der Waals surface area contributed by atoms with Crippen LogP contribution in [0.25, 0.3) is 10.8 Å². The van der Waals surface area contributed by atoms with Gasteiger partial charge in [-0.15, -0.1) is 0 Å². The fourth-order valence-corrected chi connectivity index (χ4v) is 4.76. The van der Waals surface area contributed by atoms with Gasteiger partial charge in [0.2, 0.25) is 5.91 Å². The molecule has 1 amide bonds. The van der Waals surface area contributed by atoms with E-state index in [0.717, 1.165) is 17.9 Å². The largest absolute Gasteiger partial charge is 0.493 e. The van der Waals surface area contributed by atoms with Crippen molar-refractivity contribution < 1.29 is 22.7 Å². The number of carbonyl (C=O) groups is 1. The van der Waals surface area contributed by atoms with E-state index in [1.807, 2.05) is 0 Å². The Balaban J connectivity index is 1.75. The van der Waals surface area contributed by atoms with E-state index in [9.17, 15) is 18.0 Å². The molecule has 1 aliphatic rings. The zero-order valence-corrected chi connectivity index (χ0v) is 20.5. The Bertz CT molecular complexity index is 959. The van der Waals surface area contributed by atoms with E-state index in [1.165, 1.54) is 44.6 Å². The number of hydrogen-bond acceptors (Lipinski definition) is 3. The van der Waals surface area contributed by atoms with Gasteiger partial charge in [-0.2, -0.15) is 18.2 Å². The highest BCUT2D eigenvalue weighted by atomic mass is 19.4. The quantitative estimate of drug-likeness (QED) is 0.322. The zero-order chi connectivity index (χ0) is 24.8. The van der Waals surface area contributed by atoms with Gasteiger partial charge in [0, 0.05) is 17.3 Å². The van der Waals surface area contributed by atoms with Crippen LogP contribution in [-0.4, -0.2) is 29.2 Å². The van der Waals surface area contributed by atoms with Crippen LogP contribution in [0.15, 0.2) is 36.4 Å². The summed E-state index contributed by atoms with van der Waals surface area (Å²) in [6.07, 6.45) is 4.96. The van der Waals surface area contributed by atoms with Gasteiger partial charge in [0.1, 0.15) is 5.75 Å². The van der Waals surface area contributed by atoms with Crippen LogP contribution >= 0.6 is 0 Å². The number of nitrogens with zero attached hydrogens (tertiary/aromatic N) is 1. The Kier molecular flexibility index (Phi) is 8.85. The molecule has 1 unspecified atom stereocenters. The standard InChI is InChI=1S/C27H37F3N2O2/c1-4-5-6-7-8-9-10-13-18-34-23-17-16-22(20-14-11-12-15-21(20)23)25(27(28,29)30)32-26(2,3)19-24(33)31-32/h11-12,14-17,25H,4-10,13,18-19H2,1-3H3,(H,31,33). The van der Waals surface area contributed by atoms with Gasteiger partial charge >= 0.3 is 6.18 Å². The minimum Gasteiger partial charge on any atom is -0.493 e. The average molecular weight is 479 g/mol. The van der Waals surface area contributed by atoms with Crippen molar-refractivity contribution in [2.75, 3.05) is 6.61 Å². The summed E-state index contributed by atoms with van der Waals surface area (Å²) in [5, 5.41) is 2.19. The molecular formula is C27H37F3N2O2. The Hall–Kier alpha value is -2.28. The number of ether oxygens (including phenoxy) is 1. The third kappa shape index (κ3) is 6.44. The topological polar surface area (TPSA) is 41.6 Å². The summed E-state index contributed by atoms with van der Waals surface area (Å²) in [6, 6.07) is 8.19. The van der Waals surface area contributed by atoms with Crippen LogP contribution in [0.4, 0.5) is 13.2 Å². The van der Waals surface area contributed by atoms with Gasteiger partial charge in [0.05, 0.1) is 6.61 Å². The van der Waals surface area contributed by atoms with Crippen molar-refractivity contribution in [2.45, 2.75) is 96.3 Å². The highest BCUT2D eigenvalue weighted by molar-refractivity contribution is 5.91. The van der Waals surface area contributed by atoms with Crippen LogP contribution in [0.5, 0.6) is 5.75 Å². The molecule has 1 aliphatic heterocycles. The van der Waals surface area contributed by atoms with Crippen LogP contribution < -0.4 is 10.2 Å². The summed E-state index contributed by atoms with van der Waals surface area (Å²) in [4.78, 5) is 12.0. The van der Waals surface area contributed by atoms with Crippen molar-refractivity contribution in [1.29, 1.82) is 0 Å². The number of carbonyl (C=O) groups excluding carboxylic acids is 1. The molecule has 2 aromatic rings. The number of amides is 1. The Labute approximate surface area is 200 Å². The van der Waals surface area contributed by atoms with Crippen LogP contribution in [0, 0.1) is 0 Å². The number of fused-ring (bicyclic) bond motifs is 1. The van der Waals surface area contributed by atoms with Crippen molar-refractivity contribution in [3.8, 4) is 5.75 Å². The molecule has 0 aromatic heterocycles. The molecule has 0 radical (unpaired) electrons. The number of rotatable bonds is 12. The lowest BCUT2D eigenvalue weighted by Gasteiger charge is -2.38. The Morgan fingerprint density at radius 2 is 1.59 bits per heavy atom. The maximum absolute atomic E-state index is 14.4. The second-order valence-corrected chi connectivity index (χ2v) is 9.86. The molecule has 34 heavy (non-hydrogen) atoms. The lowest BCUT2D eigenvalue weighted by atomic mass is 9.93. The first-order valence-corrected chi connectivity index (χ1v) is 12.4. The number of halogens is 3. The smallest absolute Gasteiger partial charge is 0.409 e. The molecule has 3 rings (SSSR count). The van der Waals surface area contributed by atoms with Gasteiger partial charge < -0.3 is 4.74 Å². The number of benzene rings is 2. The van der Waals surface area contributed by atoms with Crippen molar-refractivity contribution >= 4 is 16.7 Å². The van der Waals surface area contributed by atoms with E-state index in [0.29, 0.717) is 23.1 Å². The maximum atomic E-state index is 14.4. The fraction of sp³-hybridized carbons (Fsp3) is 0.593. The van der Waals surface area contributed by atoms with Crippen molar-refractivity contribution in [2.24, 2.45) is 0 Å². The van der Waals surface area contributed by atoms with E-state index >= 15 is 0 Å². The molecule has 0 aliphatic carbocycles. The van der Waals surface area contributed by atoms with E-state index in [2.05, 4.69) is 12.3 Å². The van der Waals surface area contributed by atoms with E-state index in [-0.39, 0.29) is 12.0 Å². The van der Waals surface area contributed by atoms with Gasteiger partial charge in [-0.3, -0.25) is 10.2 Å². The number of alkyl halides is 3. The third-order valence-electron chi connectivity index (χ3n) is 6.53. The van der Waals surface area contributed by atoms with Crippen molar-refractivity contribution in [3.05, 3.63) is 42.0 Å². The van der Waals surface area contributed by atoms with Gasteiger partial charge in [0.25, 0.3) is 0 Å². The molecular weight excluding hydrogens is 441 g/mol. The van der Waals surface area contributed by atoms with Gasteiger partial charge in [-0.1, -0.05) is 82.2 Å². The highest BCUT2D eigenvalue weighted by Gasteiger charge is 2.53. The third-order valence-corrected chi connectivity index (χ3v) is 6.53. The summed E-state index contributed by atoms with van der Waals surface area (Å²) in [5.41, 5.74) is 1.58. The Morgan fingerprint density at radius 3 is 2.18 bits per heavy atom. The fourth-order valence-electron chi connectivity index (χ4n) is 4.76. The second-order valence-electron chi connectivity index (χ2n) is 9.86. The van der Waals surface area contributed by atoms with Gasteiger partial charge in [-0.05, 0) is 37.3 Å². The van der Waals surface area contributed by atoms with E-state index < -0.39 is 23.7 Å². The number of hydrogen-bond donors (Lipinski definition) is 1. The zero-order valence-electron chi connectivity index (χ0n) is 20.5. The summed E-state index contributed by atoms with van der Waals surface area (Å²) in [5.74, 6) is 0.182. The highest BCUT2D eigenvalue weighted by Crippen LogP contribution is 2.45. The van der Waals surface area contributed by atoms with Crippen LogP contribution in [0.3, 0.4) is 0 Å². The van der Waals surface area contributed by atoms with Crippen LogP contribution in [0.1, 0.15) is 90.2 Å². The lowest BCUT2D eigenvalue weighted by molar-refractivity contribution is -0.203. The lowest BCUT2D eigenvalue weighted by Crippen LogP contribution is -2.51. The summed E-state index contributed by atoms with van der Waals surface area (Å²) >= 11 is 0. The first kappa shape index (κ1) is 26.3. The second kappa shape index (κ2) is 11.4. The maximum Gasteiger partial charge on any atom is 0.409 e.